The average molecular weight is 424 g/mol. The molecule has 0 aliphatic rings. The zero-order valence-corrected chi connectivity index (χ0v) is 16.0. The van der Waals surface area contributed by atoms with Gasteiger partial charge in [-0.2, -0.15) is 0 Å². The molecule has 2 heterocycles. The number of halogens is 3. The monoisotopic (exact) mass is 423 g/mol. The normalized spacial score (nSPS) is 10.6. The van der Waals surface area contributed by atoms with E-state index in [0.29, 0.717) is 10.1 Å². The van der Waals surface area contributed by atoms with Gasteiger partial charge in [0.05, 0.1) is 17.1 Å². The molecule has 8 heteroatoms. The van der Waals surface area contributed by atoms with Crippen LogP contribution in [-0.4, -0.2) is 14.5 Å². The van der Waals surface area contributed by atoms with Crippen molar-refractivity contribution < 1.29 is 8.78 Å². The second-order valence-electron chi connectivity index (χ2n) is 6.37. The van der Waals surface area contributed by atoms with E-state index in [0.717, 1.165) is 12.1 Å². The number of nitrogens with one attached hydrogen (secondary N) is 1. The second-order valence-corrected chi connectivity index (χ2v) is 6.78. The second kappa shape index (κ2) is 7.93. The average Bonchev–Trinajstić information content (AvgIpc) is 2.73. The van der Waals surface area contributed by atoms with E-state index in [4.69, 9.17) is 11.6 Å². The zero-order chi connectivity index (χ0) is 21.3. The summed E-state index contributed by atoms with van der Waals surface area (Å²) in [7, 11) is 0. The quantitative estimate of drug-likeness (QED) is 0.502. The van der Waals surface area contributed by atoms with Crippen LogP contribution in [0.2, 0.25) is 5.02 Å². The van der Waals surface area contributed by atoms with Crippen LogP contribution in [0.5, 0.6) is 0 Å². The third-order valence-electron chi connectivity index (χ3n) is 4.41. The Labute approximate surface area is 173 Å². The van der Waals surface area contributed by atoms with E-state index in [1.165, 1.54) is 12.3 Å². The molecule has 0 saturated heterocycles. The predicted octanol–water partition coefficient (Wildman–Crippen LogP) is 3.46. The molecule has 2 aromatic carbocycles. The molecule has 0 bridgehead atoms. The number of aromatic nitrogens is 3. The molecular formula is C22H12ClF2N3O2. The molecule has 0 radical (unpaired) electrons. The van der Waals surface area contributed by atoms with Crippen molar-refractivity contribution in [1.82, 2.24) is 14.5 Å². The van der Waals surface area contributed by atoms with Crippen LogP contribution in [0.4, 0.5) is 8.78 Å². The molecule has 0 spiro atoms. The van der Waals surface area contributed by atoms with Crippen molar-refractivity contribution in [2.24, 2.45) is 0 Å². The van der Waals surface area contributed by atoms with Gasteiger partial charge >= 0.3 is 5.69 Å². The molecule has 0 saturated carbocycles. The summed E-state index contributed by atoms with van der Waals surface area (Å²) in [5.74, 6) is 3.67. The lowest BCUT2D eigenvalue weighted by Crippen LogP contribution is -2.36. The van der Waals surface area contributed by atoms with E-state index < -0.39 is 35.0 Å². The Hall–Kier alpha value is -3.76. The number of fused-ring (bicyclic) bond motifs is 1. The minimum Gasteiger partial charge on any atom is -0.304 e. The van der Waals surface area contributed by atoms with Gasteiger partial charge in [0.25, 0.3) is 5.56 Å². The van der Waals surface area contributed by atoms with Crippen LogP contribution in [0.1, 0.15) is 16.7 Å². The fourth-order valence-corrected chi connectivity index (χ4v) is 3.10. The number of rotatable bonds is 2. The number of hydrogen-bond donors (Lipinski definition) is 1. The van der Waals surface area contributed by atoms with Crippen molar-refractivity contribution in [3.8, 4) is 11.8 Å². The third kappa shape index (κ3) is 3.73. The number of pyridine rings is 1. The topological polar surface area (TPSA) is 67.8 Å². The summed E-state index contributed by atoms with van der Waals surface area (Å²) in [6.07, 6.45) is 1.30. The maximum absolute atomic E-state index is 14.6. The van der Waals surface area contributed by atoms with Crippen molar-refractivity contribution in [1.29, 1.82) is 0 Å². The van der Waals surface area contributed by atoms with Crippen LogP contribution in [0.25, 0.3) is 11.0 Å². The van der Waals surface area contributed by atoms with Crippen LogP contribution < -0.4 is 11.2 Å². The largest absolute Gasteiger partial charge is 0.329 e. The third-order valence-corrected chi connectivity index (χ3v) is 4.72. The molecule has 0 aliphatic heterocycles. The van der Waals surface area contributed by atoms with Gasteiger partial charge < -0.3 is 4.98 Å². The van der Waals surface area contributed by atoms with Gasteiger partial charge in [-0.25, -0.2) is 18.6 Å². The molecule has 4 aromatic rings. The SMILES string of the molecule is O=c1[nH]c2c(Cl)ccnc2c(=O)n1Cc1c(F)cc(C#Cc2ccccc2)cc1F. The molecule has 30 heavy (non-hydrogen) atoms. The summed E-state index contributed by atoms with van der Waals surface area (Å²) in [6, 6.07) is 12.5. The maximum atomic E-state index is 14.6. The Morgan fingerprint density at radius 2 is 1.67 bits per heavy atom. The Bertz CT molecular complexity index is 1430. The Kier molecular flexibility index (Phi) is 5.17. The van der Waals surface area contributed by atoms with Gasteiger partial charge in [-0.15, -0.1) is 0 Å². The summed E-state index contributed by atoms with van der Waals surface area (Å²) in [6.45, 7) is -0.609. The summed E-state index contributed by atoms with van der Waals surface area (Å²) in [4.78, 5) is 31.2. The van der Waals surface area contributed by atoms with Crippen molar-refractivity contribution in [2.45, 2.75) is 6.54 Å². The molecule has 4 rings (SSSR count). The molecule has 148 valence electrons. The lowest BCUT2D eigenvalue weighted by Gasteiger charge is -2.09. The lowest BCUT2D eigenvalue weighted by molar-refractivity contribution is 0.536. The smallest absolute Gasteiger partial charge is 0.304 e. The van der Waals surface area contributed by atoms with Crippen molar-refractivity contribution in [3.63, 3.8) is 0 Å². The highest BCUT2D eigenvalue weighted by Crippen LogP contribution is 2.17. The number of H-pyrrole nitrogens is 1. The Morgan fingerprint density at radius 1 is 1.00 bits per heavy atom. The first kappa shape index (κ1) is 19.6. The van der Waals surface area contributed by atoms with Gasteiger partial charge in [0, 0.05) is 22.9 Å². The molecule has 5 nitrogen and oxygen atoms in total. The molecule has 0 unspecified atom stereocenters. The Balaban J connectivity index is 1.74. The van der Waals surface area contributed by atoms with Crippen molar-refractivity contribution in [3.05, 3.63) is 109 Å². The van der Waals surface area contributed by atoms with Crippen molar-refractivity contribution >= 4 is 22.6 Å². The summed E-state index contributed by atoms with van der Waals surface area (Å²) in [5.41, 5.74) is -1.30. The highest BCUT2D eigenvalue weighted by Gasteiger charge is 2.16. The highest BCUT2D eigenvalue weighted by molar-refractivity contribution is 6.34. The van der Waals surface area contributed by atoms with E-state index in [2.05, 4.69) is 21.8 Å². The fraction of sp³-hybridized carbons (Fsp3) is 0.0455. The van der Waals surface area contributed by atoms with Crippen LogP contribution in [-0.2, 0) is 6.54 Å². The van der Waals surface area contributed by atoms with Gasteiger partial charge in [0.15, 0.2) is 5.52 Å². The fourth-order valence-electron chi connectivity index (χ4n) is 2.91. The number of benzene rings is 2. The summed E-state index contributed by atoms with van der Waals surface area (Å²) >= 11 is 5.96. The first-order valence-electron chi connectivity index (χ1n) is 8.76. The van der Waals surface area contributed by atoms with Gasteiger partial charge in [-0.3, -0.25) is 9.36 Å². The van der Waals surface area contributed by atoms with Gasteiger partial charge in [-0.1, -0.05) is 41.6 Å². The summed E-state index contributed by atoms with van der Waals surface area (Å²) < 4.78 is 29.9. The van der Waals surface area contributed by atoms with E-state index >= 15 is 0 Å². The first-order chi connectivity index (χ1) is 14.4. The van der Waals surface area contributed by atoms with Crippen LogP contribution in [0.15, 0.2) is 64.3 Å². The molecule has 1 N–H and O–H groups in total. The van der Waals surface area contributed by atoms with Crippen LogP contribution >= 0.6 is 11.6 Å². The molecule has 0 aliphatic carbocycles. The lowest BCUT2D eigenvalue weighted by atomic mass is 10.1. The Morgan fingerprint density at radius 3 is 2.37 bits per heavy atom. The standard InChI is InChI=1S/C22H12ClF2N3O2/c23-16-8-9-26-20-19(16)27-22(30)28(21(20)29)12-15-17(24)10-14(11-18(15)25)7-6-13-4-2-1-3-5-13/h1-5,8-11H,12H2,(H,27,30). The van der Waals surface area contributed by atoms with Gasteiger partial charge in [0.1, 0.15) is 11.6 Å². The van der Waals surface area contributed by atoms with Crippen molar-refractivity contribution in [2.75, 3.05) is 0 Å². The number of aromatic amines is 1. The van der Waals surface area contributed by atoms with Gasteiger partial charge in [-0.05, 0) is 30.3 Å². The highest BCUT2D eigenvalue weighted by atomic mass is 35.5. The number of hydrogen-bond acceptors (Lipinski definition) is 3. The minimum absolute atomic E-state index is 0.0675. The van der Waals surface area contributed by atoms with E-state index in [-0.39, 0.29) is 21.6 Å². The van der Waals surface area contributed by atoms with E-state index in [9.17, 15) is 18.4 Å². The van der Waals surface area contributed by atoms with E-state index in [1.807, 2.05) is 6.07 Å². The van der Waals surface area contributed by atoms with Crippen LogP contribution in [0.3, 0.4) is 0 Å². The zero-order valence-electron chi connectivity index (χ0n) is 15.2. The molecule has 0 fully saturated rings. The first-order valence-corrected chi connectivity index (χ1v) is 9.14. The summed E-state index contributed by atoms with van der Waals surface area (Å²) in [5, 5.41) is 0.139. The molecule has 2 aromatic heterocycles. The maximum Gasteiger partial charge on any atom is 0.329 e. The molecule has 0 amide bonds. The number of nitrogens with zero attached hydrogens (tertiary/aromatic N) is 2. The van der Waals surface area contributed by atoms with E-state index in [1.54, 1.807) is 24.3 Å². The minimum atomic E-state index is -0.919. The molecular weight excluding hydrogens is 412 g/mol. The van der Waals surface area contributed by atoms with Gasteiger partial charge in [0.2, 0.25) is 0 Å². The molecule has 0 atom stereocenters. The predicted molar refractivity (Wildman–Crippen MR) is 110 cm³/mol. The van der Waals surface area contributed by atoms with Crippen LogP contribution in [0, 0.1) is 23.5 Å².